The average molecular weight is 275 g/mol. The van der Waals surface area contributed by atoms with Crippen molar-refractivity contribution in [2.45, 2.75) is 6.42 Å². The van der Waals surface area contributed by atoms with Crippen molar-refractivity contribution in [1.82, 2.24) is 3.11 Å². The maximum absolute atomic E-state index is 5.32. The zero-order valence-electron chi connectivity index (χ0n) is 6.66. The first-order valence-electron chi connectivity index (χ1n) is 4.00. The fourth-order valence-corrected chi connectivity index (χ4v) is 1.99. The number of hydrogen-bond acceptors (Lipinski definition) is 2. The van der Waals surface area contributed by atoms with Crippen LogP contribution in [0.5, 0.6) is 0 Å². The molecule has 0 bridgehead atoms. The van der Waals surface area contributed by atoms with E-state index in [1.54, 1.807) is 6.26 Å². The Morgan fingerprint density at radius 3 is 3.08 bits per heavy atom. The van der Waals surface area contributed by atoms with Crippen LogP contribution < -0.4 is 0 Å². The monoisotopic (exact) mass is 275 g/mol. The largest absolute Gasteiger partial charge is 0.465 e. The van der Waals surface area contributed by atoms with Crippen LogP contribution in [0.25, 0.3) is 5.57 Å². The van der Waals surface area contributed by atoms with Crippen molar-refractivity contribution in [3.05, 3.63) is 30.2 Å². The minimum atomic E-state index is 0.994. The van der Waals surface area contributed by atoms with Gasteiger partial charge < -0.3 is 4.42 Å². The summed E-state index contributed by atoms with van der Waals surface area (Å²) in [5.41, 5.74) is 1.31. The lowest BCUT2D eigenvalue weighted by atomic mass is 10.1. The minimum absolute atomic E-state index is 0.994. The first-order chi connectivity index (χ1) is 5.86. The second kappa shape index (κ2) is 3.62. The lowest BCUT2D eigenvalue weighted by Crippen LogP contribution is -2.18. The summed E-state index contributed by atoms with van der Waals surface area (Å²) < 4.78 is 7.60. The van der Waals surface area contributed by atoms with Gasteiger partial charge in [-0.15, -0.1) is 0 Å². The fraction of sp³-hybridized carbons (Fsp3) is 0.333. The highest BCUT2D eigenvalue weighted by Gasteiger charge is 2.12. The summed E-state index contributed by atoms with van der Waals surface area (Å²) in [4.78, 5) is 0. The third kappa shape index (κ3) is 1.72. The van der Waals surface area contributed by atoms with E-state index in [0.717, 1.165) is 25.3 Å². The Bertz CT molecular complexity index is 279. The summed E-state index contributed by atoms with van der Waals surface area (Å²) in [5, 5.41) is 0. The van der Waals surface area contributed by atoms with Crippen LogP contribution in [0.15, 0.2) is 28.9 Å². The van der Waals surface area contributed by atoms with E-state index in [4.69, 9.17) is 4.42 Å². The lowest BCUT2D eigenvalue weighted by Gasteiger charge is -2.19. The van der Waals surface area contributed by atoms with Crippen LogP contribution in [-0.4, -0.2) is 16.2 Å². The van der Waals surface area contributed by atoms with E-state index in [1.807, 2.05) is 12.1 Å². The van der Waals surface area contributed by atoms with Crippen LogP contribution in [0.4, 0.5) is 0 Å². The Hall–Kier alpha value is -0.290. The summed E-state index contributed by atoms with van der Waals surface area (Å²) in [6.07, 6.45) is 5.11. The van der Waals surface area contributed by atoms with Gasteiger partial charge in [-0.25, -0.2) is 3.11 Å². The smallest absolute Gasteiger partial charge is 0.130 e. The van der Waals surface area contributed by atoms with Gasteiger partial charge >= 0.3 is 0 Å². The normalized spacial score (nSPS) is 19.2. The van der Waals surface area contributed by atoms with Crippen molar-refractivity contribution in [1.29, 1.82) is 0 Å². The minimum Gasteiger partial charge on any atom is -0.465 e. The second-order valence-electron chi connectivity index (χ2n) is 2.84. The lowest BCUT2D eigenvalue weighted by molar-refractivity contribution is 0.520. The standard InChI is InChI=1S/C9H10INO/c10-11-5-1-3-8(7-11)9-4-2-6-12-9/h2-4,6H,1,5,7H2. The van der Waals surface area contributed by atoms with Crippen LogP contribution in [0, 0.1) is 0 Å². The maximum atomic E-state index is 5.32. The van der Waals surface area contributed by atoms with Gasteiger partial charge in [-0.05, 0) is 18.6 Å². The van der Waals surface area contributed by atoms with E-state index in [1.165, 1.54) is 5.57 Å². The van der Waals surface area contributed by atoms with E-state index < -0.39 is 0 Å². The molecular weight excluding hydrogens is 265 g/mol. The van der Waals surface area contributed by atoms with Crippen LogP contribution in [-0.2, 0) is 0 Å². The Kier molecular flexibility index (Phi) is 2.51. The summed E-state index contributed by atoms with van der Waals surface area (Å²) in [6, 6.07) is 3.95. The molecule has 1 aliphatic heterocycles. The van der Waals surface area contributed by atoms with Gasteiger partial charge in [-0.3, -0.25) is 0 Å². The summed E-state index contributed by atoms with van der Waals surface area (Å²) >= 11 is 2.35. The fourth-order valence-electron chi connectivity index (χ4n) is 1.35. The number of furan rings is 1. The molecule has 0 unspecified atom stereocenters. The molecular formula is C9H10INO. The van der Waals surface area contributed by atoms with E-state index in [-0.39, 0.29) is 0 Å². The van der Waals surface area contributed by atoms with Crippen LogP contribution in [0.1, 0.15) is 12.2 Å². The predicted octanol–water partition coefficient (Wildman–Crippen LogP) is 2.72. The topological polar surface area (TPSA) is 16.4 Å². The van der Waals surface area contributed by atoms with Crippen molar-refractivity contribution in [2.75, 3.05) is 13.1 Å². The summed E-state index contributed by atoms with van der Waals surface area (Å²) in [6.45, 7) is 2.14. The van der Waals surface area contributed by atoms with Crippen LogP contribution in [0.3, 0.4) is 0 Å². The molecule has 0 N–H and O–H groups in total. The number of hydrogen-bond donors (Lipinski definition) is 0. The Morgan fingerprint density at radius 1 is 1.50 bits per heavy atom. The molecule has 0 amide bonds. The molecule has 12 heavy (non-hydrogen) atoms. The van der Waals surface area contributed by atoms with Gasteiger partial charge in [0.05, 0.1) is 6.26 Å². The van der Waals surface area contributed by atoms with E-state index in [2.05, 4.69) is 32.1 Å². The van der Waals surface area contributed by atoms with Crippen molar-refractivity contribution in [2.24, 2.45) is 0 Å². The van der Waals surface area contributed by atoms with E-state index in [0.29, 0.717) is 0 Å². The molecule has 0 aromatic carbocycles. The van der Waals surface area contributed by atoms with Crippen molar-refractivity contribution in [3.8, 4) is 0 Å². The maximum Gasteiger partial charge on any atom is 0.130 e. The molecule has 1 aliphatic rings. The molecule has 1 aromatic rings. The van der Waals surface area contributed by atoms with Gasteiger partial charge in [-0.1, -0.05) is 6.08 Å². The number of rotatable bonds is 1. The molecule has 0 fully saturated rings. The predicted molar refractivity (Wildman–Crippen MR) is 56.9 cm³/mol. The molecule has 0 saturated carbocycles. The molecule has 0 aliphatic carbocycles. The van der Waals surface area contributed by atoms with Crippen molar-refractivity contribution < 1.29 is 4.42 Å². The molecule has 64 valence electrons. The third-order valence-corrected chi connectivity index (χ3v) is 2.77. The van der Waals surface area contributed by atoms with Gasteiger partial charge in [0.15, 0.2) is 0 Å². The first kappa shape index (κ1) is 8.31. The Morgan fingerprint density at radius 2 is 2.42 bits per heavy atom. The van der Waals surface area contributed by atoms with E-state index in [9.17, 15) is 0 Å². The molecule has 1 aromatic heterocycles. The highest BCUT2D eigenvalue weighted by atomic mass is 127. The molecule has 0 spiro atoms. The molecule has 0 radical (unpaired) electrons. The van der Waals surface area contributed by atoms with Gasteiger partial charge in [0.2, 0.25) is 0 Å². The first-order valence-corrected chi connectivity index (χ1v) is 4.96. The van der Waals surface area contributed by atoms with Crippen molar-refractivity contribution >= 4 is 28.4 Å². The highest BCUT2D eigenvalue weighted by Crippen LogP contribution is 2.22. The molecule has 2 rings (SSSR count). The van der Waals surface area contributed by atoms with E-state index >= 15 is 0 Å². The molecule has 2 nitrogen and oxygen atoms in total. The van der Waals surface area contributed by atoms with Gasteiger partial charge in [0.1, 0.15) is 5.76 Å². The molecule has 0 atom stereocenters. The SMILES string of the molecule is IN1CCC=C(c2ccco2)C1. The quantitative estimate of drug-likeness (QED) is 0.578. The zero-order valence-corrected chi connectivity index (χ0v) is 8.82. The van der Waals surface area contributed by atoms with Gasteiger partial charge in [-0.2, -0.15) is 0 Å². The third-order valence-electron chi connectivity index (χ3n) is 1.94. The zero-order chi connectivity index (χ0) is 8.39. The highest BCUT2D eigenvalue weighted by molar-refractivity contribution is 14.1. The number of nitrogens with zero attached hydrogens (tertiary/aromatic N) is 1. The Balaban J connectivity index is 2.19. The van der Waals surface area contributed by atoms with Gasteiger partial charge in [0, 0.05) is 41.5 Å². The Labute approximate surface area is 85.7 Å². The molecule has 0 saturated heterocycles. The van der Waals surface area contributed by atoms with Crippen LogP contribution >= 0.6 is 22.9 Å². The van der Waals surface area contributed by atoms with Crippen LogP contribution in [0.2, 0.25) is 0 Å². The summed E-state index contributed by atoms with van der Waals surface area (Å²) in [7, 11) is 0. The summed E-state index contributed by atoms with van der Waals surface area (Å²) in [5.74, 6) is 1.01. The van der Waals surface area contributed by atoms with Crippen molar-refractivity contribution in [3.63, 3.8) is 0 Å². The second-order valence-corrected chi connectivity index (χ2v) is 4.20. The molecule has 3 heteroatoms. The van der Waals surface area contributed by atoms with Gasteiger partial charge in [0.25, 0.3) is 0 Å². The molecule has 2 heterocycles. The average Bonchev–Trinajstić information content (AvgIpc) is 2.56. The number of halogens is 1.